The number of hydrogen-bond donors (Lipinski definition) is 0. The SMILES string of the molecule is c1ccc(-c2nc(-c3ccccc3)nc(-c3cccc(-c4ccc5oc6ccc7c8ccccc8nc(-c8ccccc8)c7c6c5c4)c3)n2)cc1. The van der Waals surface area contributed by atoms with Gasteiger partial charge in [0.2, 0.25) is 0 Å². The summed E-state index contributed by atoms with van der Waals surface area (Å²) in [4.78, 5) is 20.0. The van der Waals surface area contributed by atoms with Crippen molar-refractivity contribution in [1.82, 2.24) is 19.9 Å². The third-order valence-electron chi connectivity index (χ3n) is 9.50. The lowest BCUT2D eigenvalue weighted by Crippen LogP contribution is -2.00. The second kappa shape index (κ2) is 11.9. The van der Waals surface area contributed by atoms with Crippen LogP contribution in [0.2, 0.25) is 0 Å². The number of hydrogen-bond acceptors (Lipinski definition) is 5. The van der Waals surface area contributed by atoms with E-state index >= 15 is 0 Å². The molecule has 10 rings (SSSR count). The number of rotatable bonds is 5. The van der Waals surface area contributed by atoms with Crippen LogP contribution in [0, 0.1) is 0 Å². The standard InChI is InChI=1S/C46H28N4O/c1-4-13-29(14-5-1)43-42-36(35-21-10-11-22-38(35)47-43)24-26-40-41(42)37-28-33(23-25-39(37)51-40)32-19-12-20-34(27-32)46-49-44(30-15-6-2-7-16-30)48-45(50-46)31-17-8-3-9-18-31/h1-28H. The summed E-state index contributed by atoms with van der Waals surface area (Å²) in [7, 11) is 0. The smallest absolute Gasteiger partial charge is 0.164 e. The highest BCUT2D eigenvalue weighted by atomic mass is 16.3. The number of pyridine rings is 1. The Labute approximate surface area is 293 Å². The minimum atomic E-state index is 0.621. The fourth-order valence-electron chi connectivity index (χ4n) is 7.07. The molecule has 10 aromatic rings. The molecule has 0 saturated heterocycles. The van der Waals surface area contributed by atoms with E-state index in [1.165, 1.54) is 0 Å². The number of para-hydroxylation sites is 1. The maximum Gasteiger partial charge on any atom is 0.164 e. The summed E-state index contributed by atoms with van der Waals surface area (Å²) in [6.07, 6.45) is 0. The number of furan rings is 1. The molecule has 0 unspecified atom stereocenters. The van der Waals surface area contributed by atoms with Gasteiger partial charge in [-0.25, -0.2) is 19.9 Å². The normalized spacial score (nSPS) is 11.5. The lowest BCUT2D eigenvalue weighted by Gasteiger charge is -2.11. The average Bonchev–Trinajstić information content (AvgIpc) is 3.60. The highest BCUT2D eigenvalue weighted by molar-refractivity contribution is 6.27. The van der Waals surface area contributed by atoms with Crippen LogP contribution >= 0.6 is 0 Å². The first-order chi connectivity index (χ1) is 25.3. The van der Waals surface area contributed by atoms with Crippen LogP contribution in [0.1, 0.15) is 0 Å². The van der Waals surface area contributed by atoms with Gasteiger partial charge in [0.15, 0.2) is 17.5 Å². The van der Waals surface area contributed by atoms with Crippen LogP contribution in [0.4, 0.5) is 0 Å². The second-order valence-corrected chi connectivity index (χ2v) is 12.6. The topological polar surface area (TPSA) is 64.7 Å². The molecule has 0 N–H and O–H groups in total. The highest BCUT2D eigenvalue weighted by Crippen LogP contribution is 2.42. The number of aromatic nitrogens is 4. The zero-order valence-corrected chi connectivity index (χ0v) is 27.4. The van der Waals surface area contributed by atoms with Gasteiger partial charge in [0.1, 0.15) is 11.2 Å². The van der Waals surface area contributed by atoms with Crippen molar-refractivity contribution in [2.45, 2.75) is 0 Å². The Morgan fingerprint density at radius 3 is 1.57 bits per heavy atom. The van der Waals surface area contributed by atoms with Crippen LogP contribution in [-0.2, 0) is 0 Å². The van der Waals surface area contributed by atoms with Gasteiger partial charge in [0, 0.05) is 43.8 Å². The summed E-state index contributed by atoms with van der Waals surface area (Å²) in [5.74, 6) is 1.90. The van der Waals surface area contributed by atoms with Crippen molar-refractivity contribution in [2.75, 3.05) is 0 Å². The van der Waals surface area contributed by atoms with E-state index in [4.69, 9.17) is 24.4 Å². The van der Waals surface area contributed by atoms with E-state index in [0.717, 1.165) is 82.7 Å². The Morgan fingerprint density at radius 2 is 0.863 bits per heavy atom. The van der Waals surface area contributed by atoms with Crippen LogP contribution in [0.5, 0.6) is 0 Å². The van der Waals surface area contributed by atoms with Gasteiger partial charge in [-0.2, -0.15) is 0 Å². The molecule has 5 heteroatoms. The zero-order valence-electron chi connectivity index (χ0n) is 27.4. The minimum absolute atomic E-state index is 0.621. The summed E-state index contributed by atoms with van der Waals surface area (Å²) in [6, 6.07) is 58.0. The van der Waals surface area contributed by atoms with Gasteiger partial charge < -0.3 is 4.42 Å². The Morgan fingerprint density at radius 1 is 0.314 bits per heavy atom. The fourth-order valence-corrected chi connectivity index (χ4v) is 7.07. The third-order valence-corrected chi connectivity index (χ3v) is 9.50. The lowest BCUT2D eigenvalue weighted by atomic mass is 9.95. The van der Waals surface area contributed by atoms with Gasteiger partial charge in [-0.1, -0.05) is 133 Å². The first kappa shape index (κ1) is 29.0. The third kappa shape index (κ3) is 5.03. The molecule has 0 radical (unpaired) electrons. The maximum atomic E-state index is 6.50. The van der Waals surface area contributed by atoms with Gasteiger partial charge in [0.05, 0.1) is 11.2 Å². The van der Waals surface area contributed by atoms with Crippen molar-refractivity contribution in [2.24, 2.45) is 0 Å². The lowest BCUT2D eigenvalue weighted by molar-refractivity contribution is 0.669. The van der Waals surface area contributed by atoms with E-state index in [0.29, 0.717) is 17.5 Å². The Hall–Kier alpha value is -6.98. The van der Waals surface area contributed by atoms with E-state index < -0.39 is 0 Å². The van der Waals surface area contributed by atoms with Crippen molar-refractivity contribution in [1.29, 1.82) is 0 Å². The predicted octanol–water partition coefficient (Wildman–Crippen LogP) is 11.8. The van der Waals surface area contributed by atoms with E-state index in [9.17, 15) is 0 Å². The molecule has 0 bridgehead atoms. The van der Waals surface area contributed by atoms with Gasteiger partial charge in [-0.3, -0.25) is 0 Å². The minimum Gasteiger partial charge on any atom is -0.456 e. The molecule has 3 heterocycles. The van der Waals surface area contributed by atoms with Crippen molar-refractivity contribution in [3.05, 3.63) is 170 Å². The molecular weight excluding hydrogens is 625 g/mol. The van der Waals surface area contributed by atoms with E-state index in [2.05, 4.69) is 97.1 Å². The van der Waals surface area contributed by atoms with Crippen molar-refractivity contribution >= 4 is 43.6 Å². The maximum absolute atomic E-state index is 6.50. The quantitative estimate of drug-likeness (QED) is 0.173. The molecule has 0 atom stereocenters. The second-order valence-electron chi connectivity index (χ2n) is 12.6. The molecule has 0 aliphatic carbocycles. The van der Waals surface area contributed by atoms with Gasteiger partial charge in [-0.15, -0.1) is 0 Å². The molecular formula is C46H28N4O. The Balaban J connectivity index is 1.16. The predicted molar refractivity (Wildman–Crippen MR) is 207 cm³/mol. The van der Waals surface area contributed by atoms with Crippen molar-refractivity contribution < 1.29 is 4.42 Å². The summed E-state index contributed by atoms with van der Waals surface area (Å²) in [5, 5.41) is 5.48. The first-order valence-electron chi connectivity index (χ1n) is 17.0. The van der Waals surface area contributed by atoms with Gasteiger partial charge in [-0.05, 0) is 52.9 Å². The number of fused-ring (bicyclic) bond motifs is 7. The van der Waals surface area contributed by atoms with Crippen LogP contribution in [0.3, 0.4) is 0 Å². The fraction of sp³-hybridized carbons (Fsp3) is 0. The molecule has 238 valence electrons. The average molecular weight is 653 g/mol. The molecule has 0 spiro atoms. The van der Waals surface area contributed by atoms with Crippen LogP contribution in [0.25, 0.3) is 100 Å². The van der Waals surface area contributed by atoms with Crippen molar-refractivity contribution in [3.8, 4) is 56.5 Å². The number of nitrogens with zero attached hydrogens (tertiary/aromatic N) is 4. The molecule has 5 nitrogen and oxygen atoms in total. The first-order valence-corrected chi connectivity index (χ1v) is 17.0. The Kier molecular flexibility index (Phi) is 6.74. The molecule has 0 aliphatic heterocycles. The van der Waals surface area contributed by atoms with Gasteiger partial charge >= 0.3 is 0 Å². The summed E-state index contributed by atoms with van der Waals surface area (Å²) >= 11 is 0. The Bertz CT molecular complexity index is 2840. The van der Waals surface area contributed by atoms with Crippen LogP contribution in [0.15, 0.2) is 174 Å². The molecule has 0 fully saturated rings. The van der Waals surface area contributed by atoms with Gasteiger partial charge in [0.25, 0.3) is 0 Å². The monoisotopic (exact) mass is 652 g/mol. The molecule has 3 aromatic heterocycles. The van der Waals surface area contributed by atoms with Crippen LogP contribution < -0.4 is 0 Å². The molecule has 0 aliphatic rings. The molecule has 0 saturated carbocycles. The summed E-state index contributed by atoms with van der Waals surface area (Å²) in [5.41, 5.74) is 9.58. The molecule has 7 aromatic carbocycles. The molecule has 0 amide bonds. The highest BCUT2D eigenvalue weighted by Gasteiger charge is 2.19. The van der Waals surface area contributed by atoms with E-state index in [1.54, 1.807) is 0 Å². The van der Waals surface area contributed by atoms with E-state index in [1.807, 2.05) is 72.8 Å². The van der Waals surface area contributed by atoms with Crippen LogP contribution in [-0.4, -0.2) is 19.9 Å². The summed E-state index contributed by atoms with van der Waals surface area (Å²) in [6.45, 7) is 0. The number of benzene rings is 7. The van der Waals surface area contributed by atoms with Crippen molar-refractivity contribution in [3.63, 3.8) is 0 Å². The van der Waals surface area contributed by atoms with E-state index in [-0.39, 0.29) is 0 Å². The molecule has 51 heavy (non-hydrogen) atoms. The largest absolute Gasteiger partial charge is 0.456 e. The zero-order chi connectivity index (χ0) is 33.7. The summed E-state index contributed by atoms with van der Waals surface area (Å²) < 4.78 is 6.50.